The fraction of sp³-hybridized carbons (Fsp3) is 0.652. The number of hydrogen-bond donors (Lipinski definition) is 0. The Hall–Kier alpha value is -2.09. The summed E-state index contributed by atoms with van der Waals surface area (Å²) in [6.45, 7) is 6.20. The second-order valence-corrected chi connectivity index (χ2v) is 9.02. The Kier molecular flexibility index (Phi) is 6.98. The third-order valence-electron chi connectivity index (χ3n) is 6.88. The van der Waals surface area contributed by atoms with E-state index >= 15 is 0 Å². The van der Waals surface area contributed by atoms with Gasteiger partial charge in [0.05, 0.1) is 17.5 Å². The molecule has 1 aromatic rings. The second-order valence-electron chi connectivity index (χ2n) is 9.02. The van der Waals surface area contributed by atoms with Crippen molar-refractivity contribution >= 4 is 11.8 Å². The van der Waals surface area contributed by atoms with Gasteiger partial charge in [0.1, 0.15) is 0 Å². The van der Waals surface area contributed by atoms with Gasteiger partial charge in [0.2, 0.25) is 11.8 Å². The van der Waals surface area contributed by atoms with E-state index in [1.165, 1.54) is 17.0 Å². The minimum atomic E-state index is -4.42. The van der Waals surface area contributed by atoms with Gasteiger partial charge >= 0.3 is 6.18 Å². The molecule has 0 bridgehead atoms. The van der Waals surface area contributed by atoms with Crippen molar-refractivity contribution in [2.45, 2.75) is 63.8 Å². The number of nitrogens with zero attached hydrogens (tertiary/aromatic N) is 3. The summed E-state index contributed by atoms with van der Waals surface area (Å²) in [7, 11) is 3.45. The first kappa shape index (κ1) is 23.6. The molecule has 1 aromatic carbocycles. The molecule has 2 atom stereocenters. The van der Waals surface area contributed by atoms with Gasteiger partial charge in [-0.2, -0.15) is 13.2 Å². The molecule has 0 saturated carbocycles. The van der Waals surface area contributed by atoms with E-state index in [4.69, 9.17) is 0 Å². The van der Waals surface area contributed by atoms with Crippen molar-refractivity contribution in [2.24, 2.45) is 5.92 Å². The van der Waals surface area contributed by atoms with Gasteiger partial charge in [-0.3, -0.25) is 9.59 Å². The Morgan fingerprint density at radius 2 is 1.68 bits per heavy atom. The SMILES string of the molecule is CC(C)N1CCC(N(C)C(=O)C2CCC(=O)N(C)C2c2ccc(C(F)(F)F)cc2)CC1. The Morgan fingerprint density at radius 3 is 2.19 bits per heavy atom. The molecule has 2 saturated heterocycles. The van der Waals surface area contributed by atoms with Crippen LogP contribution in [-0.4, -0.2) is 65.8 Å². The quantitative estimate of drug-likeness (QED) is 0.714. The lowest BCUT2D eigenvalue weighted by molar-refractivity contribution is -0.148. The van der Waals surface area contributed by atoms with Crippen LogP contribution in [-0.2, 0) is 15.8 Å². The molecular formula is C23H32F3N3O2. The van der Waals surface area contributed by atoms with E-state index in [1.807, 2.05) is 11.9 Å². The smallest absolute Gasteiger partial charge is 0.342 e. The minimum Gasteiger partial charge on any atom is -0.342 e. The number of rotatable bonds is 4. The molecule has 2 amide bonds. The fourth-order valence-electron chi connectivity index (χ4n) is 4.85. The molecule has 2 unspecified atom stereocenters. The summed E-state index contributed by atoms with van der Waals surface area (Å²) in [6, 6.07) is 4.88. The van der Waals surface area contributed by atoms with Crippen molar-refractivity contribution in [3.63, 3.8) is 0 Å². The third-order valence-corrected chi connectivity index (χ3v) is 6.88. The highest BCUT2D eigenvalue weighted by Crippen LogP contribution is 2.39. The van der Waals surface area contributed by atoms with Crippen LogP contribution >= 0.6 is 0 Å². The van der Waals surface area contributed by atoms with Crippen molar-refractivity contribution in [1.82, 2.24) is 14.7 Å². The van der Waals surface area contributed by atoms with Crippen LogP contribution in [0.25, 0.3) is 0 Å². The first-order valence-electron chi connectivity index (χ1n) is 10.9. The molecule has 2 aliphatic rings. The zero-order valence-electron chi connectivity index (χ0n) is 18.7. The van der Waals surface area contributed by atoms with Gasteiger partial charge in [0.25, 0.3) is 0 Å². The third kappa shape index (κ3) is 5.05. The number of piperidine rings is 2. The topological polar surface area (TPSA) is 43.9 Å². The van der Waals surface area contributed by atoms with Crippen LogP contribution in [0.15, 0.2) is 24.3 Å². The number of hydrogen-bond acceptors (Lipinski definition) is 3. The van der Waals surface area contributed by atoms with Crippen LogP contribution in [0, 0.1) is 5.92 Å². The Balaban J connectivity index is 1.79. The summed E-state index contributed by atoms with van der Waals surface area (Å²) in [5.41, 5.74) is -0.178. The highest BCUT2D eigenvalue weighted by Gasteiger charge is 2.42. The number of carbonyl (C=O) groups is 2. The van der Waals surface area contributed by atoms with E-state index in [2.05, 4.69) is 18.7 Å². The Bertz CT molecular complexity index is 786. The second kappa shape index (κ2) is 9.18. The van der Waals surface area contributed by atoms with Gasteiger partial charge in [-0.1, -0.05) is 12.1 Å². The van der Waals surface area contributed by atoms with Crippen LogP contribution in [0.2, 0.25) is 0 Å². The normalized spacial score (nSPS) is 24.0. The van der Waals surface area contributed by atoms with E-state index in [0.717, 1.165) is 38.1 Å². The summed E-state index contributed by atoms with van der Waals surface area (Å²) in [5.74, 6) is -0.596. The molecule has 0 spiro atoms. The van der Waals surface area contributed by atoms with E-state index < -0.39 is 23.7 Å². The van der Waals surface area contributed by atoms with Crippen molar-refractivity contribution < 1.29 is 22.8 Å². The molecule has 2 fully saturated rings. The molecule has 5 nitrogen and oxygen atoms in total. The van der Waals surface area contributed by atoms with Gasteiger partial charge in [-0.05, 0) is 50.8 Å². The number of amides is 2. The van der Waals surface area contributed by atoms with Gasteiger partial charge in [0, 0.05) is 45.7 Å². The molecule has 3 rings (SSSR count). The lowest BCUT2D eigenvalue weighted by Crippen LogP contribution is -2.52. The standard InChI is InChI=1S/C23H32F3N3O2/c1-15(2)29-13-11-18(12-14-29)27(3)22(31)19-9-10-20(30)28(4)21(19)16-5-7-17(8-6-16)23(24,25)26/h5-8,15,18-19,21H,9-14H2,1-4H3. The summed E-state index contributed by atoms with van der Waals surface area (Å²) < 4.78 is 38.9. The number of halogens is 3. The largest absolute Gasteiger partial charge is 0.416 e. The number of likely N-dealkylation sites (tertiary alicyclic amines) is 2. The molecule has 31 heavy (non-hydrogen) atoms. The highest BCUT2D eigenvalue weighted by atomic mass is 19.4. The van der Waals surface area contributed by atoms with Crippen LogP contribution in [0.4, 0.5) is 13.2 Å². The lowest BCUT2D eigenvalue weighted by Gasteiger charge is -2.43. The first-order valence-corrected chi connectivity index (χ1v) is 10.9. The molecule has 2 heterocycles. The first-order chi connectivity index (χ1) is 14.5. The highest BCUT2D eigenvalue weighted by molar-refractivity contribution is 5.85. The van der Waals surface area contributed by atoms with Crippen LogP contribution < -0.4 is 0 Å². The van der Waals surface area contributed by atoms with Crippen molar-refractivity contribution in [1.29, 1.82) is 0 Å². The van der Waals surface area contributed by atoms with Crippen LogP contribution in [0.5, 0.6) is 0 Å². The van der Waals surface area contributed by atoms with Gasteiger partial charge in [-0.25, -0.2) is 0 Å². The molecule has 0 radical (unpaired) electrons. The summed E-state index contributed by atoms with van der Waals surface area (Å²) in [5, 5.41) is 0. The molecule has 172 valence electrons. The van der Waals surface area contributed by atoms with Gasteiger partial charge in [0.15, 0.2) is 0 Å². The van der Waals surface area contributed by atoms with E-state index in [0.29, 0.717) is 18.0 Å². The van der Waals surface area contributed by atoms with E-state index in [9.17, 15) is 22.8 Å². The number of alkyl halides is 3. The van der Waals surface area contributed by atoms with Crippen LogP contribution in [0.3, 0.4) is 0 Å². The van der Waals surface area contributed by atoms with Crippen molar-refractivity contribution in [3.8, 4) is 0 Å². The maximum Gasteiger partial charge on any atom is 0.416 e. The van der Waals surface area contributed by atoms with Gasteiger partial charge in [-0.15, -0.1) is 0 Å². The molecule has 2 aliphatic heterocycles. The van der Waals surface area contributed by atoms with Gasteiger partial charge < -0.3 is 14.7 Å². The number of benzene rings is 1. The summed E-state index contributed by atoms with van der Waals surface area (Å²) in [6.07, 6.45) is -1.96. The molecular weight excluding hydrogens is 407 g/mol. The van der Waals surface area contributed by atoms with Crippen molar-refractivity contribution in [3.05, 3.63) is 35.4 Å². The maximum absolute atomic E-state index is 13.5. The summed E-state index contributed by atoms with van der Waals surface area (Å²) >= 11 is 0. The predicted octanol–water partition coefficient (Wildman–Crippen LogP) is 3.95. The van der Waals surface area contributed by atoms with E-state index in [-0.39, 0.29) is 24.3 Å². The maximum atomic E-state index is 13.5. The van der Waals surface area contributed by atoms with E-state index in [1.54, 1.807) is 7.05 Å². The van der Waals surface area contributed by atoms with Crippen LogP contribution in [0.1, 0.15) is 56.7 Å². The molecule has 8 heteroatoms. The minimum absolute atomic E-state index is 0.0350. The number of carbonyl (C=O) groups excluding carboxylic acids is 2. The van der Waals surface area contributed by atoms with Crippen molar-refractivity contribution in [2.75, 3.05) is 27.2 Å². The fourth-order valence-corrected chi connectivity index (χ4v) is 4.85. The molecule has 0 N–H and O–H groups in total. The molecule has 0 aromatic heterocycles. The average molecular weight is 440 g/mol. The zero-order valence-corrected chi connectivity index (χ0v) is 18.7. The lowest BCUT2D eigenvalue weighted by atomic mass is 9.83. The monoisotopic (exact) mass is 439 g/mol. The zero-order chi connectivity index (χ0) is 22.9. The summed E-state index contributed by atoms with van der Waals surface area (Å²) in [4.78, 5) is 31.6. The molecule has 0 aliphatic carbocycles. The average Bonchev–Trinajstić information content (AvgIpc) is 2.74. The Labute approximate surface area is 182 Å². The predicted molar refractivity (Wildman–Crippen MR) is 112 cm³/mol. The Morgan fingerprint density at radius 1 is 1.10 bits per heavy atom.